The van der Waals surface area contributed by atoms with Gasteiger partial charge in [0.05, 0.1) is 11.6 Å². The molecule has 0 unspecified atom stereocenters. The number of likely N-dealkylation sites (tertiary alicyclic amines) is 2. The van der Waals surface area contributed by atoms with E-state index in [9.17, 15) is 9.59 Å². The second-order valence-electron chi connectivity index (χ2n) is 8.05. The Morgan fingerprint density at radius 3 is 2.68 bits per heavy atom. The number of amides is 2. The maximum atomic E-state index is 13.3. The molecule has 2 aromatic rings. The van der Waals surface area contributed by atoms with Gasteiger partial charge in [-0.3, -0.25) is 14.3 Å². The van der Waals surface area contributed by atoms with Crippen LogP contribution in [0.5, 0.6) is 0 Å². The molecule has 0 spiro atoms. The van der Waals surface area contributed by atoms with Gasteiger partial charge in [0.25, 0.3) is 0 Å². The monoisotopic (exact) mass is 381 g/mol. The van der Waals surface area contributed by atoms with Crippen molar-refractivity contribution in [3.05, 3.63) is 54.4 Å². The lowest BCUT2D eigenvalue weighted by atomic mass is 9.76. The number of aromatic nitrogens is 2. The molecular formula is C21H27N5O2. The Morgan fingerprint density at radius 2 is 2.00 bits per heavy atom. The fourth-order valence-corrected chi connectivity index (χ4v) is 5.01. The highest BCUT2D eigenvalue weighted by Crippen LogP contribution is 2.47. The number of rotatable bonds is 4. The molecule has 7 heteroatoms. The van der Waals surface area contributed by atoms with E-state index in [-0.39, 0.29) is 30.3 Å². The summed E-state index contributed by atoms with van der Waals surface area (Å²) in [6, 6.07) is 12.0. The number of carbonyl (C=O) groups is 2. The third-order valence-electron chi connectivity index (χ3n) is 6.00. The standard InChI is InChI=1S/C21H27N5O2/c1-16(27)23-21-14-24(2)12-9-18(21)20(17-7-4-3-5-8-17)26(15-21)19(28)13-25-11-6-10-22-25/h3-8,10-11,18,20H,9,12-15H2,1-2H3,(H,23,27)/t18-,20-,21-/m1/s1. The van der Waals surface area contributed by atoms with E-state index in [0.29, 0.717) is 6.54 Å². The summed E-state index contributed by atoms with van der Waals surface area (Å²) < 4.78 is 1.66. The first-order valence-corrected chi connectivity index (χ1v) is 9.78. The molecule has 4 rings (SSSR count). The Morgan fingerprint density at radius 1 is 1.21 bits per heavy atom. The highest BCUT2D eigenvalue weighted by molar-refractivity contribution is 5.78. The number of carbonyl (C=O) groups excluding carboxylic acids is 2. The van der Waals surface area contributed by atoms with Crippen molar-refractivity contribution >= 4 is 11.8 Å². The van der Waals surface area contributed by atoms with Gasteiger partial charge < -0.3 is 15.1 Å². The lowest BCUT2D eigenvalue weighted by Gasteiger charge is -2.44. The topological polar surface area (TPSA) is 70.5 Å². The minimum Gasteiger partial charge on any atom is -0.347 e. The van der Waals surface area contributed by atoms with Crippen LogP contribution in [0.25, 0.3) is 0 Å². The second-order valence-corrected chi connectivity index (χ2v) is 8.05. The van der Waals surface area contributed by atoms with Gasteiger partial charge in [0, 0.05) is 38.3 Å². The highest BCUT2D eigenvalue weighted by Gasteiger charge is 2.56. The minimum atomic E-state index is -0.431. The van der Waals surface area contributed by atoms with E-state index in [1.54, 1.807) is 24.0 Å². The first kappa shape index (κ1) is 18.7. The summed E-state index contributed by atoms with van der Waals surface area (Å²) in [6.07, 6.45) is 4.41. The van der Waals surface area contributed by atoms with Crippen molar-refractivity contribution in [2.45, 2.75) is 31.5 Å². The minimum absolute atomic E-state index is 0.0272. The number of nitrogens with zero attached hydrogens (tertiary/aromatic N) is 4. The molecule has 2 saturated heterocycles. The molecule has 28 heavy (non-hydrogen) atoms. The third kappa shape index (κ3) is 3.42. The number of benzene rings is 1. The molecule has 3 heterocycles. The molecule has 2 fully saturated rings. The Kier molecular flexibility index (Phi) is 4.93. The lowest BCUT2D eigenvalue weighted by Crippen LogP contribution is -2.63. The summed E-state index contributed by atoms with van der Waals surface area (Å²) in [4.78, 5) is 29.6. The summed E-state index contributed by atoms with van der Waals surface area (Å²) in [7, 11) is 2.07. The smallest absolute Gasteiger partial charge is 0.244 e. The Labute approximate surface area is 165 Å². The molecule has 0 radical (unpaired) electrons. The molecule has 0 saturated carbocycles. The van der Waals surface area contributed by atoms with E-state index in [0.717, 1.165) is 25.1 Å². The molecule has 1 aromatic heterocycles. The first-order chi connectivity index (χ1) is 13.5. The van der Waals surface area contributed by atoms with Gasteiger partial charge in [0.2, 0.25) is 11.8 Å². The zero-order valence-corrected chi connectivity index (χ0v) is 16.4. The average Bonchev–Trinajstić information content (AvgIpc) is 3.27. The summed E-state index contributed by atoms with van der Waals surface area (Å²) in [5.41, 5.74) is 0.692. The number of nitrogens with one attached hydrogen (secondary N) is 1. The van der Waals surface area contributed by atoms with Crippen LogP contribution in [0.2, 0.25) is 0 Å². The van der Waals surface area contributed by atoms with Gasteiger partial charge in [-0.05, 0) is 31.6 Å². The molecule has 1 aromatic carbocycles. The van der Waals surface area contributed by atoms with E-state index in [1.807, 2.05) is 29.2 Å². The van der Waals surface area contributed by atoms with Gasteiger partial charge >= 0.3 is 0 Å². The highest BCUT2D eigenvalue weighted by atomic mass is 16.2. The molecule has 0 bridgehead atoms. The van der Waals surface area contributed by atoms with Gasteiger partial charge in [-0.25, -0.2) is 0 Å². The number of hydrogen-bond donors (Lipinski definition) is 1. The summed E-state index contributed by atoms with van der Waals surface area (Å²) >= 11 is 0. The van der Waals surface area contributed by atoms with Crippen LogP contribution in [0.4, 0.5) is 0 Å². The van der Waals surface area contributed by atoms with Crippen molar-refractivity contribution in [1.29, 1.82) is 0 Å². The van der Waals surface area contributed by atoms with E-state index in [1.165, 1.54) is 0 Å². The van der Waals surface area contributed by atoms with E-state index in [2.05, 4.69) is 34.5 Å². The maximum absolute atomic E-state index is 13.3. The van der Waals surface area contributed by atoms with Crippen LogP contribution in [0.1, 0.15) is 24.9 Å². The zero-order valence-electron chi connectivity index (χ0n) is 16.4. The predicted molar refractivity (Wildman–Crippen MR) is 105 cm³/mol. The predicted octanol–water partition coefficient (Wildman–Crippen LogP) is 1.29. The fraction of sp³-hybridized carbons (Fsp3) is 0.476. The number of fused-ring (bicyclic) bond motifs is 1. The van der Waals surface area contributed by atoms with Crippen LogP contribution in [0.15, 0.2) is 48.8 Å². The van der Waals surface area contributed by atoms with Crippen molar-refractivity contribution in [3.8, 4) is 0 Å². The van der Waals surface area contributed by atoms with Crippen molar-refractivity contribution in [2.75, 3.05) is 26.7 Å². The largest absolute Gasteiger partial charge is 0.347 e. The molecule has 0 aliphatic carbocycles. The molecule has 148 valence electrons. The van der Waals surface area contributed by atoms with Crippen LogP contribution in [-0.2, 0) is 16.1 Å². The maximum Gasteiger partial charge on any atom is 0.244 e. The quantitative estimate of drug-likeness (QED) is 0.867. The Balaban J connectivity index is 1.72. The summed E-state index contributed by atoms with van der Waals surface area (Å²) in [5.74, 6) is 0.157. The number of likely N-dealkylation sites (N-methyl/N-ethyl adjacent to an activating group) is 1. The average molecular weight is 381 g/mol. The molecule has 7 nitrogen and oxygen atoms in total. The van der Waals surface area contributed by atoms with Gasteiger partial charge in [0.1, 0.15) is 6.54 Å². The molecule has 1 N–H and O–H groups in total. The molecule has 3 atom stereocenters. The fourth-order valence-electron chi connectivity index (χ4n) is 5.01. The number of hydrogen-bond acceptors (Lipinski definition) is 4. The van der Waals surface area contributed by atoms with Gasteiger partial charge in [-0.2, -0.15) is 5.10 Å². The van der Waals surface area contributed by atoms with Crippen molar-refractivity contribution in [2.24, 2.45) is 5.92 Å². The van der Waals surface area contributed by atoms with Gasteiger partial charge in [-0.15, -0.1) is 0 Å². The van der Waals surface area contributed by atoms with E-state index < -0.39 is 5.54 Å². The number of piperidine rings is 1. The van der Waals surface area contributed by atoms with Crippen molar-refractivity contribution < 1.29 is 9.59 Å². The first-order valence-electron chi connectivity index (χ1n) is 9.78. The van der Waals surface area contributed by atoms with Crippen LogP contribution < -0.4 is 5.32 Å². The van der Waals surface area contributed by atoms with Gasteiger partial charge in [0.15, 0.2) is 0 Å². The third-order valence-corrected chi connectivity index (χ3v) is 6.00. The van der Waals surface area contributed by atoms with Crippen molar-refractivity contribution in [1.82, 2.24) is 24.9 Å². The van der Waals surface area contributed by atoms with Gasteiger partial charge in [-0.1, -0.05) is 30.3 Å². The molecule has 2 aliphatic heterocycles. The Hall–Kier alpha value is -2.67. The summed E-state index contributed by atoms with van der Waals surface area (Å²) in [6.45, 7) is 3.98. The van der Waals surface area contributed by atoms with Crippen molar-refractivity contribution in [3.63, 3.8) is 0 Å². The zero-order chi connectivity index (χ0) is 19.7. The SMILES string of the molecule is CC(=O)N[C@@]12CN(C)CC[C@@H]1[C@@H](c1ccccc1)N(C(=O)Cn1cccn1)C2. The normalized spacial score (nSPS) is 27.4. The lowest BCUT2D eigenvalue weighted by molar-refractivity contribution is -0.133. The van der Waals surface area contributed by atoms with E-state index in [4.69, 9.17) is 0 Å². The van der Waals surface area contributed by atoms with Crippen LogP contribution in [-0.4, -0.2) is 63.6 Å². The van der Waals surface area contributed by atoms with Crippen LogP contribution in [0.3, 0.4) is 0 Å². The molecular weight excluding hydrogens is 354 g/mol. The Bertz CT molecular complexity index is 838. The molecule has 2 amide bonds. The summed E-state index contributed by atoms with van der Waals surface area (Å²) in [5, 5.41) is 7.42. The van der Waals surface area contributed by atoms with Crippen LogP contribution in [0, 0.1) is 5.92 Å². The molecule has 2 aliphatic rings. The second kappa shape index (κ2) is 7.39. The van der Waals surface area contributed by atoms with Crippen LogP contribution >= 0.6 is 0 Å². The van der Waals surface area contributed by atoms with E-state index >= 15 is 0 Å².